The fourth-order valence-electron chi connectivity index (χ4n) is 2.96. The van der Waals surface area contributed by atoms with Crippen molar-refractivity contribution in [1.82, 2.24) is 10.2 Å². The molecule has 134 valence electrons. The Morgan fingerprint density at radius 3 is 2.62 bits per heavy atom. The zero-order valence-corrected chi connectivity index (χ0v) is 14.7. The normalized spacial score (nSPS) is 15.7. The summed E-state index contributed by atoms with van der Waals surface area (Å²) in [5.74, 6) is 0.0299. The number of rotatable bonds is 7. The molecule has 1 amide bonds. The molecule has 0 atom stereocenters. The van der Waals surface area contributed by atoms with Crippen LogP contribution in [0, 0.1) is 16.0 Å². The number of nitrogens with two attached hydrogens (primary N) is 1. The molecule has 1 aromatic carbocycles. The number of nitro groups is 1. The Hall–Kier alpha value is -1.70. The number of benzene rings is 1. The molecule has 1 aliphatic rings. The number of nitrogens with one attached hydrogen (secondary N) is 1. The average Bonchev–Trinajstić information content (AvgIpc) is 2.54. The van der Waals surface area contributed by atoms with Crippen LogP contribution in [0.5, 0.6) is 0 Å². The van der Waals surface area contributed by atoms with Gasteiger partial charge in [-0.25, -0.2) is 0 Å². The van der Waals surface area contributed by atoms with E-state index in [1.807, 2.05) is 0 Å². The number of amides is 1. The largest absolute Gasteiger partial charge is 0.366 e. The molecule has 0 radical (unpaired) electrons. The van der Waals surface area contributed by atoms with Crippen LogP contribution in [0.3, 0.4) is 0 Å². The van der Waals surface area contributed by atoms with Crippen molar-refractivity contribution in [2.24, 2.45) is 11.7 Å². The van der Waals surface area contributed by atoms with Crippen LogP contribution in [0.4, 0.5) is 5.69 Å². The summed E-state index contributed by atoms with van der Waals surface area (Å²) >= 11 is 0. The minimum absolute atomic E-state index is 0. The molecule has 3 N–H and O–H groups in total. The van der Waals surface area contributed by atoms with E-state index in [1.165, 1.54) is 6.07 Å². The highest BCUT2D eigenvalue weighted by Crippen LogP contribution is 2.24. The Bertz CT molecular complexity index is 574. The number of hydrogen-bond donors (Lipinski definition) is 2. The Morgan fingerprint density at radius 1 is 1.42 bits per heavy atom. The molecule has 1 fully saturated rings. The fraction of sp³-hybridized carbons (Fsp3) is 0.562. The molecule has 8 heteroatoms. The number of nitrogens with zero attached hydrogens (tertiary/aromatic N) is 2. The molecule has 0 aliphatic carbocycles. The number of halogens is 1. The molecule has 7 nitrogen and oxygen atoms in total. The van der Waals surface area contributed by atoms with Crippen LogP contribution >= 0.6 is 12.4 Å². The van der Waals surface area contributed by atoms with Crippen molar-refractivity contribution < 1.29 is 9.72 Å². The van der Waals surface area contributed by atoms with Gasteiger partial charge in [0.1, 0.15) is 0 Å². The van der Waals surface area contributed by atoms with E-state index < -0.39 is 10.8 Å². The Kier molecular flexibility index (Phi) is 8.10. The summed E-state index contributed by atoms with van der Waals surface area (Å²) in [6.07, 6.45) is 2.19. The van der Waals surface area contributed by atoms with Crippen LogP contribution in [0.25, 0.3) is 0 Å². The van der Waals surface area contributed by atoms with Gasteiger partial charge in [-0.05, 0) is 51.0 Å². The number of hydrogen-bond acceptors (Lipinski definition) is 5. The monoisotopic (exact) mass is 356 g/mol. The van der Waals surface area contributed by atoms with Gasteiger partial charge in [0, 0.05) is 23.7 Å². The quantitative estimate of drug-likeness (QED) is 0.574. The first kappa shape index (κ1) is 20.3. The third-order valence-corrected chi connectivity index (χ3v) is 4.35. The molecular weight excluding hydrogens is 332 g/mol. The molecule has 0 bridgehead atoms. The number of carbonyl (C=O) groups excluding carboxylic acids is 1. The Labute approximate surface area is 148 Å². The molecular formula is C16H25ClN4O3. The minimum Gasteiger partial charge on any atom is -0.366 e. The fourth-order valence-corrected chi connectivity index (χ4v) is 2.96. The third-order valence-electron chi connectivity index (χ3n) is 4.35. The highest BCUT2D eigenvalue weighted by molar-refractivity contribution is 5.93. The van der Waals surface area contributed by atoms with Crippen LogP contribution in [0.2, 0.25) is 0 Å². The van der Waals surface area contributed by atoms with Crippen molar-refractivity contribution in [3.63, 3.8) is 0 Å². The van der Waals surface area contributed by atoms with Crippen LogP contribution < -0.4 is 11.1 Å². The van der Waals surface area contributed by atoms with Gasteiger partial charge in [0.05, 0.1) is 4.92 Å². The lowest BCUT2D eigenvalue weighted by atomic mass is 9.96. The van der Waals surface area contributed by atoms with Crippen LogP contribution in [0.15, 0.2) is 18.2 Å². The maximum Gasteiger partial charge on any atom is 0.274 e. The van der Waals surface area contributed by atoms with Gasteiger partial charge >= 0.3 is 0 Å². The van der Waals surface area contributed by atoms with Gasteiger partial charge in [-0.2, -0.15) is 0 Å². The molecule has 24 heavy (non-hydrogen) atoms. The molecule has 1 saturated heterocycles. The van der Waals surface area contributed by atoms with Crippen LogP contribution in [-0.2, 0) is 6.54 Å². The molecule has 0 aromatic heterocycles. The maximum absolute atomic E-state index is 11.2. The lowest BCUT2D eigenvalue weighted by Gasteiger charge is -2.32. The van der Waals surface area contributed by atoms with Gasteiger partial charge in [-0.1, -0.05) is 13.0 Å². The lowest BCUT2D eigenvalue weighted by molar-refractivity contribution is -0.385. The van der Waals surface area contributed by atoms with Crippen molar-refractivity contribution in [3.05, 3.63) is 39.4 Å². The Morgan fingerprint density at radius 2 is 2.08 bits per heavy atom. The summed E-state index contributed by atoms with van der Waals surface area (Å²) in [4.78, 5) is 24.2. The number of piperidine rings is 1. The maximum atomic E-state index is 11.2. The zero-order chi connectivity index (χ0) is 16.8. The van der Waals surface area contributed by atoms with E-state index in [0.717, 1.165) is 39.0 Å². The Balaban J connectivity index is 0.00000288. The van der Waals surface area contributed by atoms with E-state index in [0.29, 0.717) is 18.0 Å². The van der Waals surface area contributed by atoms with E-state index in [9.17, 15) is 14.9 Å². The smallest absolute Gasteiger partial charge is 0.274 e. The van der Waals surface area contributed by atoms with E-state index >= 15 is 0 Å². The first-order valence-electron chi connectivity index (χ1n) is 8.01. The van der Waals surface area contributed by atoms with Gasteiger partial charge in [-0.3, -0.25) is 19.8 Å². The number of likely N-dealkylation sites (tertiary alicyclic amines) is 1. The standard InChI is InChI=1S/C16H24N4O3.ClH/c1-2-18-10-12-5-7-19(8-6-12)11-14-4-3-13(16(17)21)9-15(14)20(22)23;/h3-4,9,12,18H,2,5-8,10-11H2,1H3,(H2,17,21);1H. The minimum atomic E-state index is -0.649. The van der Waals surface area contributed by atoms with E-state index in [-0.39, 0.29) is 23.7 Å². The van der Waals surface area contributed by atoms with Gasteiger partial charge in [0.2, 0.25) is 5.91 Å². The molecule has 0 unspecified atom stereocenters. The highest BCUT2D eigenvalue weighted by Gasteiger charge is 2.22. The summed E-state index contributed by atoms with van der Waals surface area (Å²) in [7, 11) is 0. The van der Waals surface area contributed by atoms with Crippen LogP contribution in [-0.4, -0.2) is 41.9 Å². The summed E-state index contributed by atoms with van der Waals surface area (Å²) in [6.45, 7) is 6.53. The number of nitro benzene ring substituents is 1. The van der Waals surface area contributed by atoms with E-state index in [4.69, 9.17) is 5.73 Å². The van der Waals surface area contributed by atoms with Crippen molar-refractivity contribution >= 4 is 24.0 Å². The van der Waals surface area contributed by atoms with Gasteiger partial charge in [-0.15, -0.1) is 12.4 Å². The first-order chi connectivity index (χ1) is 11.0. The third kappa shape index (κ3) is 5.43. The lowest BCUT2D eigenvalue weighted by Crippen LogP contribution is -2.37. The van der Waals surface area contributed by atoms with Crippen molar-refractivity contribution in [2.45, 2.75) is 26.3 Å². The van der Waals surface area contributed by atoms with E-state index in [1.54, 1.807) is 12.1 Å². The second-order valence-electron chi connectivity index (χ2n) is 5.99. The summed E-state index contributed by atoms with van der Waals surface area (Å²) in [5, 5.41) is 14.6. The van der Waals surface area contributed by atoms with Crippen molar-refractivity contribution in [1.29, 1.82) is 0 Å². The predicted molar refractivity (Wildman–Crippen MR) is 95.4 cm³/mol. The first-order valence-corrected chi connectivity index (χ1v) is 8.01. The molecule has 2 rings (SSSR count). The zero-order valence-electron chi connectivity index (χ0n) is 13.9. The van der Waals surface area contributed by atoms with Gasteiger partial charge in [0.15, 0.2) is 0 Å². The van der Waals surface area contributed by atoms with Crippen molar-refractivity contribution in [2.75, 3.05) is 26.2 Å². The topological polar surface area (TPSA) is 102 Å². The van der Waals surface area contributed by atoms with E-state index in [2.05, 4.69) is 17.1 Å². The van der Waals surface area contributed by atoms with Gasteiger partial charge in [0.25, 0.3) is 5.69 Å². The average molecular weight is 357 g/mol. The number of primary amides is 1. The highest BCUT2D eigenvalue weighted by atomic mass is 35.5. The molecule has 0 spiro atoms. The molecule has 1 aliphatic heterocycles. The SMILES string of the molecule is CCNCC1CCN(Cc2ccc(C(N)=O)cc2[N+](=O)[O-])CC1.Cl. The summed E-state index contributed by atoms with van der Waals surface area (Å²) in [6, 6.07) is 4.47. The molecule has 1 heterocycles. The summed E-state index contributed by atoms with van der Waals surface area (Å²) < 4.78 is 0. The predicted octanol–water partition coefficient (Wildman–Crippen LogP) is 1.94. The van der Waals surface area contributed by atoms with Gasteiger partial charge < -0.3 is 11.1 Å². The summed E-state index contributed by atoms with van der Waals surface area (Å²) in [5.41, 5.74) is 5.96. The molecule has 1 aromatic rings. The molecule has 0 saturated carbocycles. The number of carbonyl (C=O) groups is 1. The van der Waals surface area contributed by atoms with Crippen LogP contribution in [0.1, 0.15) is 35.7 Å². The second kappa shape index (κ2) is 9.56. The van der Waals surface area contributed by atoms with Crippen molar-refractivity contribution in [3.8, 4) is 0 Å². The second-order valence-corrected chi connectivity index (χ2v) is 5.99.